The topological polar surface area (TPSA) is 51.5 Å². The summed E-state index contributed by atoms with van der Waals surface area (Å²) in [6, 6.07) is 12.2. The number of alkyl halides is 3. The second-order valence-electron chi connectivity index (χ2n) is 9.21. The van der Waals surface area contributed by atoms with Gasteiger partial charge in [-0.25, -0.2) is 0 Å². The highest BCUT2D eigenvalue weighted by Crippen LogP contribution is 2.42. The fraction of sp³-hybridized carbons (Fsp3) is 0.423. The third-order valence-electron chi connectivity index (χ3n) is 7.07. The summed E-state index contributed by atoms with van der Waals surface area (Å²) in [4.78, 5) is 11.1. The zero-order valence-corrected chi connectivity index (χ0v) is 18.2. The minimum Gasteiger partial charge on any atom is -0.489 e. The van der Waals surface area contributed by atoms with Gasteiger partial charge in [-0.15, -0.1) is 0 Å². The Bertz CT molecular complexity index is 1190. The molecule has 7 heteroatoms. The molecule has 2 aromatic carbocycles. The van der Waals surface area contributed by atoms with Crippen LogP contribution < -0.4 is 4.74 Å². The van der Waals surface area contributed by atoms with E-state index in [1.807, 2.05) is 24.3 Å². The quantitative estimate of drug-likeness (QED) is 0.440. The Morgan fingerprint density at radius 1 is 1.06 bits per heavy atom. The Kier molecular flexibility index (Phi) is 5.59. The molecule has 0 bridgehead atoms. The van der Waals surface area contributed by atoms with Gasteiger partial charge in [-0.1, -0.05) is 25.0 Å². The summed E-state index contributed by atoms with van der Waals surface area (Å²) in [7, 11) is 0. The Morgan fingerprint density at radius 2 is 1.85 bits per heavy atom. The first-order chi connectivity index (χ1) is 15.8. The Balaban J connectivity index is 1.35. The smallest absolute Gasteiger partial charge is 0.416 e. The van der Waals surface area contributed by atoms with Crippen LogP contribution in [0.2, 0.25) is 0 Å². The van der Waals surface area contributed by atoms with Gasteiger partial charge in [0.05, 0.1) is 12.0 Å². The molecule has 4 nitrogen and oxygen atoms in total. The Morgan fingerprint density at radius 3 is 2.58 bits per heavy atom. The number of carboxylic acids is 1. The highest BCUT2D eigenvalue weighted by Gasteiger charge is 2.36. The van der Waals surface area contributed by atoms with Gasteiger partial charge >= 0.3 is 12.1 Å². The van der Waals surface area contributed by atoms with E-state index in [9.17, 15) is 18.0 Å². The summed E-state index contributed by atoms with van der Waals surface area (Å²) in [5.74, 6) is -0.242. The third kappa shape index (κ3) is 4.33. The lowest BCUT2D eigenvalue weighted by Gasteiger charge is -2.19. The van der Waals surface area contributed by atoms with Gasteiger partial charge in [0.15, 0.2) is 0 Å². The molecular formula is C26H26F3NO3. The number of rotatable bonds is 6. The van der Waals surface area contributed by atoms with Crippen LogP contribution >= 0.6 is 0 Å². The van der Waals surface area contributed by atoms with Crippen molar-refractivity contribution in [3.63, 3.8) is 0 Å². The summed E-state index contributed by atoms with van der Waals surface area (Å²) in [5, 5.41) is 10.1. The third-order valence-corrected chi connectivity index (χ3v) is 7.07. The van der Waals surface area contributed by atoms with Crippen molar-refractivity contribution >= 4 is 16.9 Å². The molecule has 33 heavy (non-hydrogen) atoms. The first-order valence-electron chi connectivity index (χ1n) is 11.5. The van der Waals surface area contributed by atoms with Crippen molar-refractivity contribution in [1.82, 2.24) is 4.57 Å². The van der Waals surface area contributed by atoms with Crippen LogP contribution in [-0.4, -0.2) is 15.6 Å². The van der Waals surface area contributed by atoms with E-state index >= 15 is 0 Å². The number of hydrogen-bond acceptors (Lipinski definition) is 2. The fourth-order valence-electron chi connectivity index (χ4n) is 5.50. The molecule has 1 aromatic heterocycles. The number of aliphatic carboxylic acids is 1. The molecule has 1 fully saturated rings. The van der Waals surface area contributed by atoms with Gasteiger partial charge in [-0.2, -0.15) is 13.2 Å². The Hall–Kier alpha value is -2.96. The molecule has 1 aliphatic heterocycles. The highest BCUT2D eigenvalue weighted by atomic mass is 19.4. The summed E-state index contributed by atoms with van der Waals surface area (Å²) >= 11 is 0. The maximum Gasteiger partial charge on any atom is 0.416 e. The molecule has 0 radical (unpaired) electrons. The number of aromatic nitrogens is 1. The summed E-state index contributed by atoms with van der Waals surface area (Å²) < 4.78 is 49.2. The maximum atomic E-state index is 13.7. The normalized spacial score (nSPS) is 18.7. The van der Waals surface area contributed by atoms with Gasteiger partial charge < -0.3 is 14.4 Å². The van der Waals surface area contributed by atoms with Crippen LogP contribution in [0.4, 0.5) is 13.2 Å². The van der Waals surface area contributed by atoms with Crippen molar-refractivity contribution in [2.45, 2.75) is 69.7 Å². The van der Waals surface area contributed by atoms with Gasteiger partial charge in [-0.3, -0.25) is 4.79 Å². The number of nitrogens with zero attached hydrogens (tertiary/aromatic N) is 1. The lowest BCUT2D eigenvalue weighted by Crippen LogP contribution is -2.12. The zero-order valence-electron chi connectivity index (χ0n) is 18.2. The predicted octanol–water partition coefficient (Wildman–Crippen LogP) is 6.86. The molecule has 0 spiro atoms. The molecule has 0 amide bonds. The van der Waals surface area contributed by atoms with Gasteiger partial charge in [-0.05, 0) is 66.6 Å². The standard InChI is InChI=1S/C26H26F3NO3/c27-26(28,29)22-11-16(5-7-21(22)17-3-1-2-4-17)15-33-20-6-8-23-19(12-20)13-24-18(14-25(31)32)9-10-30(23)24/h5-8,11-13,17-18H,1-4,9-10,14-15H2,(H,31,32)/t18-/m1/s1. The summed E-state index contributed by atoms with van der Waals surface area (Å²) in [6.07, 6.45) is 0.131. The molecular weight excluding hydrogens is 431 g/mol. The molecule has 0 unspecified atom stereocenters. The van der Waals surface area contributed by atoms with E-state index in [4.69, 9.17) is 9.84 Å². The maximum absolute atomic E-state index is 13.7. The van der Waals surface area contributed by atoms with Crippen molar-refractivity contribution in [1.29, 1.82) is 0 Å². The molecule has 1 aliphatic carbocycles. The number of aryl methyl sites for hydroxylation is 1. The molecule has 2 heterocycles. The second kappa shape index (κ2) is 8.43. The molecule has 1 saturated carbocycles. The average molecular weight is 457 g/mol. The lowest BCUT2D eigenvalue weighted by atomic mass is 9.91. The van der Waals surface area contributed by atoms with Crippen LogP contribution in [0.1, 0.15) is 72.7 Å². The van der Waals surface area contributed by atoms with Crippen molar-refractivity contribution in [2.75, 3.05) is 0 Å². The number of ether oxygens (including phenoxy) is 1. The number of fused-ring (bicyclic) bond motifs is 3. The van der Waals surface area contributed by atoms with Crippen LogP contribution in [0.25, 0.3) is 10.9 Å². The predicted molar refractivity (Wildman–Crippen MR) is 119 cm³/mol. The van der Waals surface area contributed by atoms with Crippen LogP contribution in [-0.2, 0) is 24.1 Å². The van der Waals surface area contributed by atoms with Crippen LogP contribution in [0, 0.1) is 0 Å². The molecule has 1 atom stereocenters. The van der Waals surface area contributed by atoms with E-state index in [1.165, 1.54) is 6.07 Å². The molecule has 2 aliphatic rings. The highest BCUT2D eigenvalue weighted by molar-refractivity contribution is 5.83. The van der Waals surface area contributed by atoms with E-state index < -0.39 is 17.7 Å². The largest absolute Gasteiger partial charge is 0.489 e. The van der Waals surface area contributed by atoms with E-state index in [0.717, 1.165) is 55.2 Å². The van der Waals surface area contributed by atoms with E-state index in [-0.39, 0.29) is 24.9 Å². The van der Waals surface area contributed by atoms with Crippen molar-refractivity contribution in [2.24, 2.45) is 0 Å². The first-order valence-corrected chi connectivity index (χ1v) is 11.5. The molecule has 5 rings (SSSR count). The van der Waals surface area contributed by atoms with Crippen LogP contribution in [0.5, 0.6) is 5.75 Å². The lowest BCUT2D eigenvalue weighted by molar-refractivity contribution is -0.139. The van der Waals surface area contributed by atoms with Crippen LogP contribution in [0.3, 0.4) is 0 Å². The summed E-state index contributed by atoms with van der Waals surface area (Å²) in [6.45, 7) is 0.833. The zero-order chi connectivity index (χ0) is 23.2. The molecule has 3 aromatic rings. The fourth-order valence-corrected chi connectivity index (χ4v) is 5.50. The van der Waals surface area contributed by atoms with Gasteiger partial charge in [0.1, 0.15) is 12.4 Å². The minimum absolute atomic E-state index is 0.00144. The SMILES string of the molecule is O=C(O)C[C@H]1CCn2c1cc1cc(OCc3ccc(C4CCCC4)c(C(F)(F)F)c3)ccc12. The first kappa shape index (κ1) is 21.9. The number of carboxylic acid groups (broad SMARTS) is 1. The van der Waals surface area contributed by atoms with Gasteiger partial charge in [0, 0.05) is 29.1 Å². The van der Waals surface area contributed by atoms with Crippen molar-refractivity contribution < 1.29 is 27.8 Å². The van der Waals surface area contributed by atoms with E-state index in [2.05, 4.69) is 4.57 Å². The van der Waals surface area contributed by atoms with Crippen LogP contribution in [0.15, 0.2) is 42.5 Å². The number of benzene rings is 2. The number of carbonyl (C=O) groups is 1. The summed E-state index contributed by atoms with van der Waals surface area (Å²) in [5.41, 5.74) is 2.39. The van der Waals surface area contributed by atoms with Crippen molar-refractivity contribution in [3.8, 4) is 5.75 Å². The van der Waals surface area contributed by atoms with Gasteiger partial charge in [0.2, 0.25) is 0 Å². The monoisotopic (exact) mass is 457 g/mol. The Labute approximate surface area is 190 Å². The average Bonchev–Trinajstić information content (AvgIpc) is 3.49. The van der Waals surface area contributed by atoms with E-state index in [1.54, 1.807) is 12.1 Å². The minimum atomic E-state index is -4.38. The number of hydrogen-bond donors (Lipinski definition) is 1. The van der Waals surface area contributed by atoms with Crippen molar-refractivity contribution in [3.05, 3.63) is 64.8 Å². The number of halogens is 3. The van der Waals surface area contributed by atoms with E-state index in [0.29, 0.717) is 16.9 Å². The molecule has 1 N–H and O–H groups in total. The van der Waals surface area contributed by atoms with Gasteiger partial charge in [0.25, 0.3) is 0 Å². The second-order valence-corrected chi connectivity index (χ2v) is 9.21. The molecule has 0 saturated heterocycles. The molecule has 174 valence electrons.